The van der Waals surface area contributed by atoms with E-state index in [1.54, 1.807) is 0 Å². The highest BCUT2D eigenvalue weighted by Gasteiger charge is 1.93. The molecule has 0 aromatic carbocycles. The van der Waals surface area contributed by atoms with Crippen molar-refractivity contribution in [1.82, 2.24) is 5.32 Å². The minimum atomic E-state index is 1.12. The second-order valence-corrected chi connectivity index (χ2v) is 5.02. The number of nitrogens with one attached hydrogen (secondary N) is 1. The van der Waals surface area contributed by atoms with E-state index < -0.39 is 0 Å². The molecule has 0 saturated heterocycles. The van der Waals surface area contributed by atoms with Crippen molar-refractivity contribution in [3.63, 3.8) is 0 Å². The summed E-state index contributed by atoms with van der Waals surface area (Å²) < 4.78 is 0. The first kappa shape index (κ1) is 17.0. The van der Waals surface area contributed by atoms with Crippen molar-refractivity contribution in [2.75, 3.05) is 7.05 Å². The van der Waals surface area contributed by atoms with Gasteiger partial charge in [-0.15, -0.1) is 0 Å². The molecule has 0 aromatic heterocycles. The lowest BCUT2D eigenvalue weighted by Crippen LogP contribution is -1.99. The van der Waals surface area contributed by atoms with Crippen molar-refractivity contribution in [3.05, 3.63) is 13.5 Å². The maximum Gasteiger partial charge on any atom is 0.0218 e. The molecule has 0 heterocycles. The molecule has 0 saturated carbocycles. The van der Waals surface area contributed by atoms with Gasteiger partial charge in [-0.25, -0.2) is 0 Å². The van der Waals surface area contributed by atoms with Gasteiger partial charge >= 0.3 is 0 Å². The van der Waals surface area contributed by atoms with Gasteiger partial charge in [0.2, 0.25) is 0 Å². The lowest BCUT2D eigenvalue weighted by molar-refractivity contribution is 0.544. The normalized spacial score (nSPS) is 10.9. The van der Waals surface area contributed by atoms with Gasteiger partial charge in [-0.2, -0.15) is 0 Å². The molecule has 1 N–H and O–H groups in total. The molecule has 0 aliphatic carbocycles. The Labute approximate surface area is 110 Å². The maximum absolute atomic E-state index is 3.87. The fourth-order valence-electron chi connectivity index (χ4n) is 2.16. The summed E-state index contributed by atoms with van der Waals surface area (Å²) in [4.78, 5) is 0. The Kier molecular flexibility index (Phi) is 15.9. The first-order chi connectivity index (χ1) is 8.41. The standard InChI is InChI=1S/C16H33N/c1-3-4-5-6-7-8-9-10-11-12-13-14-15-16-17-2/h16-17H,1,3-15H2,2H3. The predicted octanol–water partition coefficient (Wildman–Crippen LogP) is 5.27. The lowest BCUT2D eigenvalue weighted by Gasteiger charge is -2.02. The Morgan fingerprint density at radius 3 is 1.53 bits per heavy atom. The summed E-state index contributed by atoms with van der Waals surface area (Å²) in [5.41, 5.74) is 0. The fourth-order valence-corrected chi connectivity index (χ4v) is 2.16. The number of rotatable bonds is 14. The molecule has 0 bridgehead atoms. The van der Waals surface area contributed by atoms with Crippen LogP contribution in [-0.4, -0.2) is 7.05 Å². The maximum atomic E-state index is 3.87. The molecule has 17 heavy (non-hydrogen) atoms. The Morgan fingerprint density at radius 2 is 1.12 bits per heavy atom. The Balaban J connectivity index is 2.85. The number of hydrogen-bond donors (Lipinski definition) is 1. The average Bonchev–Trinajstić information content (AvgIpc) is 2.35. The van der Waals surface area contributed by atoms with Crippen LogP contribution in [0.4, 0.5) is 0 Å². The van der Waals surface area contributed by atoms with Crippen molar-refractivity contribution in [2.45, 2.75) is 83.5 Å². The van der Waals surface area contributed by atoms with Gasteiger partial charge in [0.05, 0.1) is 0 Å². The van der Waals surface area contributed by atoms with Gasteiger partial charge in [0.15, 0.2) is 0 Å². The molecule has 102 valence electrons. The molecule has 0 amide bonds. The molecular formula is C16H33N. The van der Waals surface area contributed by atoms with Crippen molar-refractivity contribution in [3.8, 4) is 0 Å². The molecule has 1 heteroatoms. The van der Waals surface area contributed by atoms with Crippen molar-refractivity contribution in [2.24, 2.45) is 0 Å². The van der Waals surface area contributed by atoms with Gasteiger partial charge < -0.3 is 5.32 Å². The zero-order chi connectivity index (χ0) is 12.6. The van der Waals surface area contributed by atoms with Crippen LogP contribution < -0.4 is 5.32 Å². The zero-order valence-corrected chi connectivity index (χ0v) is 12.0. The Morgan fingerprint density at radius 1 is 0.706 bits per heavy atom. The minimum Gasteiger partial charge on any atom is -0.315 e. The van der Waals surface area contributed by atoms with E-state index in [4.69, 9.17) is 0 Å². The van der Waals surface area contributed by atoms with Gasteiger partial charge in [-0.05, 0) is 13.5 Å². The summed E-state index contributed by atoms with van der Waals surface area (Å²) in [6.07, 6.45) is 17.9. The molecule has 1 nitrogen and oxygen atoms in total. The molecule has 0 spiro atoms. The van der Waals surface area contributed by atoms with Crippen LogP contribution in [-0.2, 0) is 0 Å². The van der Waals surface area contributed by atoms with E-state index in [-0.39, 0.29) is 0 Å². The first-order valence-electron chi connectivity index (χ1n) is 7.70. The van der Waals surface area contributed by atoms with Crippen LogP contribution in [0.3, 0.4) is 0 Å². The van der Waals surface area contributed by atoms with Crippen LogP contribution in [0.1, 0.15) is 83.5 Å². The van der Waals surface area contributed by atoms with Crippen LogP contribution in [0.15, 0.2) is 0 Å². The van der Waals surface area contributed by atoms with E-state index in [2.05, 4.69) is 18.8 Å². The smallest absolute Gasteiger partial charge is 0.0218 e. The third kappa shape index (κ3) is 16.0. The third-order valence-corrected chi connectivity index (χ3v) is 3.30. The van der Waals surface area contributed by atoms with Crippen LogP contribution >= 0.6 is 0 Å². The van der Waals surface area contributed by atoms with Crippen molar-refractivity contribution in [1.29, 1.82) is 0 Å². The third-order valence-electron chi connectivity index (χ3n) is 3.30. The molecular weight excluding hydrogens is 206 g/mol. The van der Waals surface area contributed by atoms with Crippen LogP contribution in [0, 0.1) is 13.5 Å². The highest BCUT2D eigenvalue weighted by atomic mass is 14.8. The summed E-state index contributed by atoms with van der Waals surface area (Å²) >= 11 is 0. The monoisotopic (exact) mass is 239 g/mol. The fraction of sp³-hybridized carbons (Fsp3) is 0.875. The summed E-state index contributed by atoms with van der Waals surface area (Å²) in [5, 5.41) is 3.08. The number of hydrogen-bond acceptors (Lipinski definition) is 1. The van der Waals surface area contributed by atoms with Gasteiger partial charge in [0.1, 0.15) is 0 Å². The van der Waals surface area contributed by atoms with Gasteiger partial charge in [-0.3, -0.25) is 0 Å². The minimum absolute atomic E-state index is 1.12. The van der Waals surface area contributed by atoms with E-state index in [0.29, 0.717) is 0 Å². The zero-order valence-electron chi connectivity index (χ0n) is 12.0. The summed E-state index contributed by atoms with van der Waals surface area (Å²) in [7, 11) is 1.98. The molecule has 2 radical (unpaired) electrons. The molecule has 0 aliphatic heterocycles. The molecule has 0 unspecified atom stereocenters. The van der Waals surface area contributed by atoms with E-state index in [0.717, 1.165) is 6.42 Å². The number of unbranched alkanes of at least 4 members (excludes halogenated alkanes) is 12. The van der Waals surface area contributed by atoms with E-state index >= 15 is 0 Å². The molecule has 0 rings (SSSR count). The highest BCUT2D eigenvalue weighted by Crippen LogP contribution is 2.12. The van der Waals surface area contributed by atoms with E-state index in [9.17, 15) is 0 Å². The lowest BCUT2D eigenvalue weighted by atomic mass is 10.0. The highest BCUT2D eigenvalue weighted by molar-refractivity contribution is 4.57. The van der Waals surface area contributed by atoms with E-state index in [1.165, 1.54) is 77.0 Å². The van der Waals surface area contributed by atoms with Gasteiger partial charge in [0.25, 0.3) is 0 Å². The second-order valence-electron chi connectivity index (χ2n) is 5.02. The topological polar surface area (TPSA) is 12.0 Å². The van der Waals surface area contributed by atoms with Crippen molar-refractivity contribution < 1.29 is 0 Å². The molecule has 0 aliphatic rings. The first-order valence-corrected chi connectivity index (χ1v) is 7.70. The summed E-state index contributed by atoms with van der Waals surface area (Å²) in [6.45, 7) is 6.03. The Bertz CT molecular complexity index is 109. The predicted molar refractivity (Wildman–Crippen MR) is 78.7 cm³/mol. The summed E-state index contributed by atoms with van der Waals surface area (Å²) in [5.74, 6) is 0. The molecule has 0 atom stereocenters. The molecule has 0 fully saturated rings. The van der Waals surface area contributed by atoms with Gasteiger partial charge in [-0.1, -0.05) is 84.0 Å². The van der Waals surface area contributed by atoms with E-state index in [1.807, 2.05) is 7.05 Å². The van der Waals surface area contributed by atoms with Crippen LogP contribution in [0.5, 0.6) is 0 Å². The largest absolute Gasteiger partial charge is 0.315 e. The summed E-state index contributed by atoms with van der Waals surface area (Å²) in [6, 6.07) is 0. The van der Waals surface area contributed by atoms with Crippen molar-refractivity contribution >= 4 is 0 Å². The average molecular weight is 239 g/mol. The Hall–Kier alpha value is -0.0400. The molecule has 0 aromatic rings. The SMILES string of the molecule is [CH2]CCCCCCCCCCCCC[CH]NC. The van der Waals surface area contributed by atoms with Gasteiger partial charge in [0, 0.05) is 6.54 Å². The van der Waals surface area contributed by atoms with Crippen LogP contribution in [0.2, 0.25) is 0 Å². The quantitative estimate of drug-likeness (QED) is 0.407. The van der Waals surface area contributed by atoms with Crippen LogP contribution in [0.25, 0.3) is 0 Å². The second kappa shape index (κ2) is 16.0.